The molecule has 0 aliphatic heterocycles. The fourth-order valence-electron chi connectivity index (χ4n) is 3.11. The zero-order valence-corrected chi connectivity index (χ0v) is 18.9. The maximum absolute atomic E-state index is 15.0. The van der Waals surface area contributed by atoms with E-state index in [1.54, 1.807) is 20.8 Å². The lowest BCUT2D eigenvalue weighted by Gasteiger charge is -2.24. The van der Waals surface area contributed by atoms with E-state index in [4.69, 9.17) is 24.4 Å². The quantitative estimate of drug-likeness (QED) is 0.557. The number of hydrogen-bond donors (Lipinski definition) is 1. The molecule has 11 heteroatoms. The van der Waals surface area contributed by atoms with Gasteiger partial charge >= 0.3 is 6.09 Å². The third kappa shape index (κ3) is 4.38. The Morgan fingerprint density at radius 1 is 1.09 bits per heavy atom. The monoisotopic (exact) mass is 463 g/mol. The molecule has 2 N–H and O–H groups in total. The van der Waals surface area contributed by atoms with Crippen molar-refractivity contribution < 1.29 is 37.0 Å². The van der Waals surface area contributed by atoms with Crippen LogP contribution in [0.5, 0.6) is 11.5 Å². The molecule has 0 unspecified atom stereocenters. The van der Waals surface area contributed by atoms with Crippen molar-refractivity contribution in [2.24, 2.45) is 0 Å². The van der Waals surface area contributed by atoms with E-state index in [-0.39, 0.29) is 22.5 Å². The van der Waals surface area contributed by atoms with Crippen LogP contribution in [-0.4, -0.2) is 43.7 Å². The van der Waals surface area contributed by atoms with Crippen molar-refractivity contribution in [1.29, 1.82) is 0 Å². The van der Waals surface area contributed by atoms with Gasteiger partial charge in [0.25, 0.3) is 0 Å². The van der Waals surface area contributed by atoms with E-state index in [0.29, 0.717) is 0 Å². The number of amides is 1. The number of furan rings is 1. The van der Waals surface area contributed by atoms with E-state index >= 15 is 0 Å². The van der Waals surface area contributed by atoms with Crippen molar-refractivity contribution in [3.05, 3.63) is 41.3 Å². The highest BCUT2D eigenvalue weighted by Gasteiger charge is 2.34. The second-order valence-electron chi connectivity index (χ2n) is 8.04. The number of fused-ring (bicyclic) bond motifs is 1. The van der Waals surface area contributed by atoms with E-state index in [1.165, 1.54) is 19.3 Å². The van der Waals surface area contributed by atoms with Crippen LogP contribution in [-0.2, 0) is 4.74 Å². The Labute approximate surface area is 188 Å². The largest absolute Gasteiger partial charge is 0.494 e. The Bertz CT molecular complexity index is 1220. The first-order valence-corrected chi connectivity index (χ1v) is 9.69. The summed E-state index contributed by atoms with van der Waals surface area (Å²) in [4.78, 5) is 31.0. The van der Waals surface area contributed by atoms with Crippen LogP contribution in [0, 0.1) is 11.6 Å². The number of benzene rings is 1. The van der Waals surface area contributed by atoms with Gasteiger partial charge in [0.15, 0.2) is 34.5 Å². The lowest BCUT2D eigenvalue weighted by atomic mass is 10.0. The molecule has 0 radical (unpaired) electrons. The average Bonchev–Trinajstić information content (AvgIpc) is 3.10. The number of nitrogens with two attached hydrogens (primary N) is 1. The predicted octanol–water partition coefficient (Wildman–Crippen LogP) is 4.31. The number of anilines is 2. The molecule has 3 rings (SSSR count). The topological polar surface area (TPSA) is 117 Å². The first-order chi connectivity index (χ1) is 15.4. The van der Waals surface area contributed by atoms with Crippen LogP contribution in [0.25, 0.3) is 11.0 Å². The minimum Gasteiger partial charge on any atom is -0.494 e. The van der Waals surface area contributed by atoms with E-state index in [1.807, 2.05) is 0 Å². The number of nitrogens with zero attached hydrogens (tertiary/aromatic N) is 2. The standard InChI is InChI=1S/C22H23F2N3O6/c1-22(2,3)33-21(29)27(4)18-10-7-14(25)26-9-13(10)32-20(18)19(28)15-16(23)11(30-5)8-12(31-6)17(15)24/h7-9H,1-6H3,(H2,25,26). The van der Waals surface area contributed by atoms with Gasteiger partial charge in [-0.15, -0.1) is 0 Å². The first-order valence-electron chi connectivity index (χ1n) is 9.69. The van der Waals surface area contributed by atoms with Gasteiger partial charge in [-0.25, -0.2) is 18.6 Å². The fourth-order valence-corrected chi connectivity index (χ4v) is 3.11. The maximum atomic E-state index is 15.0. The lowest BCUT2D eigenvalue weighted by molar-refractivity contribution is 0.0589. The van der Waals surface area contributed by atoms with E-state index in [9.17, 15) is 18.4 Å². The van der Waals surface area contributed by atoms with E-state index < -0.39 is 51.9 Å². The molecular weight excluding hydrogens is 440 g/mol. The summed E-state index contributed by atoms with van der Waals surface area (Å²) in [7, 11) is 3.63. The van der Waals surface area contributed by atoms with Crippen LogP contribution in [0.3, 0.4) is 0 Å². The SMILES string of the molecule is COc1cc(OC)c(F)c(C(=O)c2oc3cnc(N)cc3c2N(C)C(=O)OC(C)(C)C)c1F. The van der Waals surface area contributed by atoms with Crippen LogP contribution in [0.2, 0.25) is 0 Å². The summed E-state index contributed by atoms with van der Waals surface area (Å²) >= 11 is 0. The Morgan fingerprint density at radius 2 is 1.67 bits per heavy atom. The van der Waals surface area contributed by atoms with Gasteiger partial charge < -0.3 is 24.4 Å². The second-order valence-corrected chi connectivity index (χ2v) is 8.04. The second kappa shape index (κ2) is 8.57. The normalized spacial score (nSPS) is 11.4. The molecule has 0 aliphatic carbocycles. The molecule has 0 fully saturated rings. The molecule has 176 valence electrons. The Kier molecular flexibility index (Phi) is 6.17. The summed E-state index contributed by atoms with van der Waals surface area (Å²) in [5.41, 5.74) is 3.90. The van der Waals surface area contributed by atoms with Crippen LogP contribution in [0.15, 0.2) is 22.7 Å². The number of pyridine rings is 1. The van der Waals surface area contributed by atoms with Crippen LogP contribution in [0.1, 0.15) is 36.9 Å². The number of rotatable bonds is 5. The smallest absolute Gasteiger partial charge is 0.414 e. The van der Waals surface area contributed by atoms with E-state index in [0.717, 1.165) is 25.2 Å². The van der Waals surface area contributed by atoms with E-state index in [2.05, 4.69) is 4.98 Å². The zero-order valence-electron chi connectivity index (χ0n) is 18.9. The molecule has 0 saturated heterocycles. The predicted molar refractivity (Wildman–Crippen MR) is 116 cm³/mol. The van der Waals surface area contributed by atoms with Gasteiger partial charge in [-0.3, -0.25) is 9.69 Å². The number of ketones is 1. The number of ether oxygens (including phenoxy) is 3. The fraction of sp³-hybridized carbons (Fsp3) is 0.318. The molecule has 0 atom stereocenters. The highest BCUT2D eigenvalue weighted by atomic mass is 19.1. The molecule has 9 nitrogen and oxygen atoms in total. The number of methoxy groups -OCH3 is 2. The lowest BCUT2D eigenvalue weighted by Crippen LogP contribution is -2.34. The number of halogens is 2. The van der Waals surface area contributed by atoms with Crippen molar-refractivity contribution in [2.75, 3.05) is 31.9 Å². The highest BCUT2D eigenvalue weighted by Crippen LogP contribution is 2.39. The molecule has 2 aromatic heterocycles. The van der Waals surface area contributed by atoms with Crippen molar-refractivity contribution in [1.82, 2.24) is 4.98 Å². The molecule has 2 heterocycles. The minimum absolute atomic E-state index is 0.0636. The van der Waals surface area contributed by atoms with Gasteiger partial charge in [0.2, 0.25) is 5.78 Å². The summed E-state index contributed by atoms with van der Waals surface area (Å²) < 4.78 is 50.8. The number of carbonyl (C=O) groups excluding carboxylic acids is 2. The molecule has 33 heavy (non-hydrogen) atoms. The average molecular weight is 463 g/mol. The van der Waals surface area contributed by atoms with Gasteiger partial charge in [-0.05, 0) is 26.8 Å². The Balaban J connectivity index is 2.27. The van der Waals surface area contributed by atoms with Gasteiger partial charge in [-0.2, -0.15) is 0 Å². The Hall–Kier alpha value is -3.89. The molecule has 0 saturated carbocycles. The summed E-state index contributed by atoms with van der Waals surface area (Å²) in [6.07, 6.45) is 0.394. The first kappa shape index (κ1) is 23.8. The molecule has 1 amide bonds. The van der Waals surface area contributed by atoms with Crippen LogP contribution >= 0.6 is 0 Å². The molecule has 0 bridgehead atoms. The Morgan fingerprint density at radius 3 is 2.18 bits per heavy atom. The van der Waals surface area contributed by atoms with Crippen molar-refractivity contribution in [3.63, 3.8) is 0 Å². The number of hydrogen-bond acceptors (Lipinski definition) is 8. The summed E-state index contributed by atoms with van der Waals surface area (Å²) in [6.45, 7) is 4.98. The molecule has 0 spiro atoms. The number of carbonyl (C=O) groups is 2. The molecule has 1 aromatic carbocycles. The summed E-state index contributed by atoms with van der Waals surface area (Å²) in [6, 6.07) is 2.34. The van der Waals surface area contributed by atoms with Crippen LogP contribution < -0.4 is 20.1 Å². The van der Waals surface area contributed by atoms with Gasteiger partial charge in [0.05, 0.1) is 25.8 Å². The molecule has 0 aliphatic rings. The molecular formula is C22H23F2N3O6. The third-order valence-electron chi connectivity index (χ3n) is 4.58. The minimum atomic E-state index is -1.26. The zero-order chi connectivity index (χ0) is 24.7. The van der Waals surface area contributed by atoms with Crippen molar-refractivity contribution in [2.45, 2.75) is 26.4 Å². The highest BCUT2D eigenvalue weighted by molar-refractivity contribution is 6.17. The number of nitrogen functional groups attached to an aromatic ring is 1. The third-order valence-corrected chi connectivity index (χ3v) is 4.58. The van der Waals surface area contributed by atoms with Crippen molar-refractivity contribution >= 4 is 34.4 Å². The van der Waals surface area contributed by atoms with Crippen molar-refractivity contribution in [3.8, 4) is 11.5 Å². The molecule has 3 aromatic rings. The maximum Gasteiger partial charge on any atom is 0.414 e. The van der Waals surface area contributed by atoms with Gasteiger partial charge in [0, 0.05) is 13.1 Å². The number of aromatic nitrogens is 1. The summed E-state index contributed by atoms with van der Waals surface area (Å²) in [5, 5.41) is 0.217. The summed E-state index contributed by atoms with van der Waals surface area (Å²) in [5.74, 6) is -5.00. The van der Waals surface area contributed by atoms with Crippen LogP contribution in [0.4, 0.5) is 25.1 Å². The van der Waals surface area contributed by atoms with Gasteiger partial charge in [-0.1, -0.05) is 0 Å². The van der Waals surface area contributed by atoms with Gasteiger partial charge in [0.1, 0.15) is 22.7 Å².